The summed E-state index contributed by atoms with van der Waals surface area (Å²) in [7, 11) is 1.41. The molecular formula is C26H24FN7O2. The average Bonchev–Trinajstić information content (AvgIpc) is 3.24. The number of pyridine rings is 1. The highest BCUT2D eigenvalue weighted by Crippen LogP contribution is 2.40. The molecule has 1 N–H and O–H groups in total. The normalized spacial score (nSPS) is 13.4. The molecule has 0 unspecified atom stereocenters. The maximum atomic E-state index is 15.1. The van der Waals surface area contributed by atoms with Gasteiger partial charge in [0.15, 0.2) is 17.3 Å². The molecule has 1 aromatic carbocycles. The van der Waals surface area contributed by atoms with Crippen LogP contribution in [0.3, 0.4) is 0 Å². The molecule has 0 atom stereocenters. The number of carbonyl (C=O) groups excluding carboxylic acids is 1. The fourth-order valence-corrected chi connectivity index (χ4v) is 4.50. The van der Waals surface area contributed by atoms with E-state index in [4.69, 9.17) is 4.74 Å². The van der Waals surface area contributed by atoms with Crippen LogP contribution in [-0.4, -0.2) is 47.5 Å². The minimum Gasteiger partial charge on any atom is -0.494 e. The van der Waals surface area contributed by atoms with Crippen molar-refractivity contribution in [3.05, 3.63) is 83.6 Å². The molecule has 10 heteroatoms. The molecule has 0 bridgehead atoms. The maximum Gasteiger partial charge on any atom is 0.185 e. The van der Waals surface area contributed by atoms with Crippen molar-refractivity contribution in [2.24, 2.45) is 0 Å². The standard InChI is InChI=1S/C26H24FN7O2/c1-36-24-8-6-20(18-10-28-29-11-18)21(26(24)27)5-7-23(35)22-15-34(32-31-22)14-19-13-33-12-17(16-2-3-16)4-9-25(33)30-19/h4,6,8-13,15-16H,2-3,5,7,14H2,1H3,(H,28,29). The number of ether oxygens (including phenoxy) is 1. The number of ketones is 1. The first-order chi connectivity index (χ1) is 17.6. The van der Waals surface area contributed by atoms with E-state index in [9.17, 15) is 4.79 Å². The van der Waals surface area contributed by atoms with Crippen LogP contribution in [0.4, 0.5) is 4.39 Å². The third kappa shape index (κ3) is 4.26. The van der Waals surface area contributed by atoms with E-state index in [1.54, 1.807) is 35.4 Å². The monoisotopic (exact) mass is 485 g/mol. The van der Waals surface area contributed by atoms with Crippen molar-refractivity contribution in [2.75, 3.05) is 7.11 Å². The van der Waals surface area contributed by atoms with Gasteiger partial charge in [0.2, 0.25) is 0 Å². The molecule has 4 aromatic heterocycles. The summed E-state index contributed by atoms with van der Waals surface area (Å²) in [5.74, 6) is 0.104. The number of nitrogens with zero attached hydrogens (tertiary/aromatic N) is 6. The molecule has 0 saturated heterocycles. The molecule has 182 valence electrons. The predicted octanol–water partition coefficient (Wildman–Crippen LogP) is 4.20. The molecule has 1 aliphatic rings. The van der Waals surface area contributed by atoms with Gasteiger partial charge < -0.3 is 9.14 Å². The number of fused-ring (bicyclic) bond motifs is 1. The molecule has 4 heterocycles. The molecule has 0 radical (unpaired) electrons. The summed E-state index contributed by atoms with van der Waals surface area (Å²) in [5, 5.41) is 14.8. The van der Waals surface area contributed by atoms with Crippen molar-refractivity contribution in [3.63, 3.8) is 0 Å². The Balaban J connectivity index is 1.16. The Labute approximate surface area is 205 Å². The number of imidazole rings is 1. The average molecular weight is 486 g/mol. The molecule has 36 heavy (non-hydrogen) atoms. The van der Waals surface area contributed by atoms with Crippen LogP contribution in [0.1, 0.15) is 52.5 Å². The SMILES string of the molecule is COc1ccc(-c2cn[nH]c2)c(CCC(=O)c2cn(Cc3cn4cc(C5CC5)ccc4n3)nn2)c1F. The Morgan fingerprint density at radius 1 is 1.19 bits per heavy atom. The molecule has 9 nitrogen and oxygen atoms in total. The maximum absolute atomic E-state index is 15.1. The van der Waals surface area contributed by atoms with Crippen molar-refractivity contribution in [1.29, 1.82) is 0 Å². The summed E-state index contributed by atoms with van der Waals surface area (Å²) in [6.45, 7) is 0.399. The number of aromatic nitrogens is 7. The lowest BCUT2D eigenvalue weighted by molar-refractivity contribution is 0.0977. The van der Waals surface area contributed by atoms with E-state index in [0.29, 0.717) is 23.6 Å². The highest BCUT2D eigenvalue weighted by Gasteiger charge is 2.24. The van der Waals surface area contributed by atoms with Crippen molar-refractivity contribution in [1.82, 2.24) is 34.6 Å². The first kappa shape index (κ1) is 22.1. The number of hydrogen-bond acceptors (Lipinski definition) is 6. The van der Waals surface area contributed by atoms with E-state index in [0.717, 1.165) is 16.9 Å². The largest absolute Gasteiger partial charge is 0.494 e. The molecule has 1 saturated carbocycles. The van der Waals surface area contributed by atoms with Gasteiger partial charge in [-0.3, -0.25) is 9.89 Å². The second-order valence-corrected chi connectivity index (χ2v) is 9.05. The lowest BCUT2D eigenvalue weighted by atomic mass is 9.96. The van der Waals surface area contributed by atoms with E-state index in [-0.39, 0.29) is 30.1 Å². The van der Waals surface area contributed by atoms with Crippen LogP contribution in [0.5, 0.6) is 5.75 Å². The number of halogens is 1. The Morgan fingerprint density at radius 2 is 2.08 bits per heavy atom. The van der Waals surface area contributed by atoms with Crippen LogP contribution < -0.4 is 4.74 Å². The minimum atomic E-state index is -0.482. The van der Waals surface area contributed by atoms with Gasteiger partial charge in [0, 0.05) is 36.1 Å². The van der Waals surface area contributed by atoms with Crippen LogP contribution >= 0.6 is 0 Å². The zero-order chi connectivity index (χ0) is 24.6. The summed E-state index contributed by atoms with van der Waals surface area (Å²) >= 11 is 0. The molecule has 0 spiro atoms. The summed E-state index contributed by atoms with van der Waals surface area (Å²) in [6.07, 6.45) is 11.8. The number of methoxy groups -OCH3 is 1. The summed E-state index contributed by atoms with van der Waals surface area (Å²) in [5.41, 5.74) is 5.07. The lowest BCUT2D eigenvalue weighted by Gasteiger charge is -2.12. The number of hydrogen-bond donors (Lipinski definition) is 1. The summed E-state index contributed by atoms with van der Waals surface area (Å²) < 4.78 is 23.8. The Hall–Kier alpha value is -4.34. The van der Waals surface area contributed by atoms with Gasteiger partial charge >= 0.3 is 0 Å². The van der Waals surface area contributed by atoms with E-state index in [1.165, 1.54) is 25.5 Å². The van der Waals surface area contributed by atoms with Gasteiger partial charge in [-0.2, -0.15) is 5.10 Å². The third-order valence-electron chi connectivity index (χ3n) is 6.56. The number of aromatic amines is 1. The summed E-state index contributed by atoms with van der Waals surface area (Å²) in [6, 6.07) is 7.51. The molecule has 1 aliphatic carbocycles. The van der Waals surface area contributed by atoms with Crippen molar-refractivity contribution in [3.8, 4) is 16.9 Å². The fraction of sp³-hybridized carbons (Fsp3) is 0.269. The first-order valence-corrected chi connectivity index (χ1v) is 11.8. The topological polar surface area (TPSA) is 103 Å². The van der Waals surface area contributed by atoms with Crippen LogP contribution in [0.25, 0.3) is 16.8 Å². The Kier molecular flexibility index (Phi) is 5.55. The van der Waals surface area contributed by atoms with Gasteiger partial charge in [0.25, 0.3) is 0 Å². The highest BCUT2D eigenvalue weighted by atomic mass is 19.1. The van der Waals surface area contributed by atoms with E-state index in [2.05, 4.69) is 37.8 Å². The Morgan fingerprint density at radius 3 is 2.86 bits per heavy atom. The van der Waals surface area contributed by atoms with E-state index < -0.39 is 5.82 Å². The second kappa shape index (κ2) is 9.03. The number of nitrogens with one attached hydrogen (secondary N) is 1. The van der Waals surface area contributed by atoms with Gasteiger partial charge in [0.05, 0.1) is 31.7 Å². The van der Waals surface area contributed by atoms with E-state index >= 15 is 4.39 Å². The van der Waals surface area contributed by atoms with E-state index in [1.807, 2.05) is 16.7 Å². The third-order valence-corrected chi connectivity index (χ3v) is 6.56. The number of benzene rings is 1. The smallest absolute Gasteiger partial charge is 0.185 e. The first-order valence-electron chi connectivity index (χ1n) is 11.8. The molecule has 5 aromatic rings. The fourth-order valence-electron chi connectivity index (χ4n) is 4.50. The summed E-state index contributed by atoms with van der Waals surface area (Å²) in [4.78, 5) is 17.5. The van der Waals surface area contributed by atoms with Gasteiger partial charge in [-0.1, -0.05) is 17.3 Å². The van der Waals surface area contributed by atoms with Crippen LogP contribution in [0.15, 0.2) is 55.2 Å². The van der Waals surface area contributed by atoms with Crippen molar-refractivity contribution in [2.45, 2.75) is 38.1 Å². The van der Waals surface area contributed by atoms with Crippen molar-refractivity contribution < 1.29 is 13.9 Å². The van der Waals surface area contributed by atoms with Gasteiger partial charge in [0.1, 0.15) is 11.3 Å². The number of H-pyrrole nitrogens is 1. The zero-order valence-corrected chi connectivity index (χ0v) is 19.7. The quantitative estimate of drug-likeness (QED) is 0.314. The Bertz CT molecular complexity index is 1550. The van der Waals surface area contributed by atoms with Gasteiger partial charge in [-0.15, -0.1) is 5.10 Å². The van der Waals surface area contributed by atoms with Crippen LogP contribution in [0, 0.1) is 5.82 Å². The predicted molar refractivity (Wildman–Crippen MR) is 129 cm³/mol. The highest BCUT2D eigenvalue weighted by molar-refractivity contribution is 5.94. The van der Waals surface area contributed by atoms with Crippen LogP contribution in [-0.2, 0) is 13.0 Å². The lowest BCUT2D eigenvalue weighted by Crippen LogP contribution is -2.05. The van der Waals surface area contributed by atoms with Crippen molar-refractivity contribution >= 4 is 11.4 Å². The van der Waals surface area contributed by atoms with Crippen LogP contribution in [0.2, 0.25) is 0 Å². The number of Topliss-reactive ketones (excluding diaryl/α,β-unsaturated/α-hetero) is 1. The minimum absolute atomic E-state index is 0.0753. The molecular weight excluding hydrogens is 461 g/mol. The molecule has 0 amide bonds. The molecule has 6 rings (SSSR count). The van der Waals surface area contributed by atoms with Gasteiger partial charge in [-0.05, 0) is 48.4 Å². The number of rotatable bonds is 9. The number of carbonyl (C=O) groups is 1. The second-order valence-electron chi connectivity index (χ2n) is 9.05. The van der Waals surface area contributed by atoms with Gasteiger partial charge in [-0.25, -0.2) is 14.1 Å². The molecule has 0 aliphatic heterocycles. The zero-order valence-electron chi connectivity index (χ0n) is 19.7. The molecule has 1 fully saturated rings.